The third-order valence-electron chi connectivity index (χ3n) is 3.12. The van der Waals surface area contributed by atoms with Gasteiger partial charge in [0.1, 0.15) is 5.75 Å². The van der Waals surface area contributed by atoms with E-state index in [4.69, 9.17) is 10.5 Å². The van der Waals surface area contributed by atoms with Gasteiger partial charge in [-0.15, -0.1) is 0 Å². The summed E-state index contributed by atoms with van der Waals surface area (Å²) in [4.78, 5) is 0. The van der Waals surface area contributed by atoms with Crippen LogP contribution in [0.5, 0.6) is 5.75 Å². The Balaban J connectivity index is 3.01. The maximum atomic E-state index is 6.30. The van der Waals surface area contributed by atoms with E-state index in [9.17, 15) is 0 Å². The molecule has 0 aliphatic carbocycles. The third-order valence-corrected chi connectivity index (χ3v) is 3.84. The number of benzene rings is 1. The molecule has 1 unspecified atom stereocenters. The van der Waals surface area contributed by atoms with E-state index in [0.717, 1.165) is 28.6 Å². The molecular weight excluding hydrogens is 266 g/mol. The van der Waals surface area contributed by atoms with Crippen LogP contribution < -0.4 is 10.5 Å². The van der Waals surface area contributed by atoms with Gasteiger partial charge in [0.05, 0.1) is 7.11 Å². The van der Waals surface area contributed by atoms with Gasteiger partial charge in [-0.25, -0.2) is 0 Å². The molecule has 2 nitrogen and oxygen atoms in total. The fourth-order valence-electron chi connectivity index (χ4n) is 1.95. The quantitative estimate of drug-likeness (QED) is 0.891. The zero-order valence-electron chi connectivity index (χ0n) is 10.2. The average molecular weight is 286 g/mol. The normalized spacial score (nSPS) is 12.9. The monoisotopic (exact) mass is 285 g/mol. The zero-order chi connectivity index (χ0) is 12.1. The topological polar surface area (TPSA) is 35.2 Å². The van der Waals surface area contributed by atoms with E-state index in [-0.39, 0.29) is 6.04 Å². The number of nitrogens with two attached hydrogens (primary N) is 1. The highest BCUT2D eigenvalue weighted by atomic mass is 79.9. The number of hydrogen-bond acceptors (Lipinski definition) is 2. The zero-order valence-corrected chi connectivity index (χ0v) is 11.8. The summed E-state index contributed by atoms with van der Waals surface area (Å²) in [5.41, 5.74) is 7.43. The van der Waals surface area contributed by atoms with Gasteiger partial charge in [0.2, 0.25) is 0 Å². The maximum absolute atomic E-state index is 6.30. The molecule has 1 rings (SSSR count). The molecule has 2 N–H and O–H groups in total. The Kier molecular flexibility index (Phi) is 5.29. The van der Waals surface area contributed by atoms with Crippen molar-refractivity contribution < 1.29 is 4.74 Å². The molecule has 0 heterocycles. The summed E-state index contributed by atoms with van der Waals surface area (Å²) in [5, 5.41) is 0. The third kappa shape index (κ3) is 2.98. The number of ether oxygens (including phenoxy) is 1. The number of hydrogen-bond donors (Lipinski definition) is 1. The molecule has 90 valence electrons. The number of rotatable bonds is 5. The van der Waals surface area contributed by atoms with Crippen LogP contribution in [0.15, 0.2) is 22.7 Å². The second-order valence-electron chi connectivity index (χ2n) is 3.99. The number of halogens is 1. The van der Waals surface area contributed by atoms with E-state index >= 15 is 0 Å². The van der Waals surface area contributed by atoms with Crippen molar-refractivity contribution in [2.45, 2.75) is 32.7 Å². The highest BCUT2D eigenvalue weighted by Crippen LogP contribution is 2.32. The largest absolute Gasteiger partial charge is 0.497 e. The second-order valence-corrected chi connectivity index (χ2v) is 4.84. The van der Waals surface area contributed by atoms with Gasteiger partial charge in [-0.05, 0) is 29.7 Å². The van der Waals surface area contributed by atoms with Crippen molar-refractivity contribution in [1.82, 2.24) is 0 Å². The highest BCUT2D eigenvalue weighted by Gasteiger charge is 2.18. The van der Waals surface area contributed by atoms with E-state index < -0.39 is 0 Å². The molecule has 0 fully saturated rings. The first-order chi connectivity index (χ1) is 7.63. The van der Waals surface area contributed by atoms with Crippen LogP contribution in [-0.2, 0) is 0 Å². The molecule has 1 aromatic rings. The first-order valence-electron chi connectivity index (χ1n) is 5.73. The van der Waals surface area contributed by atoms with Gasteiger partial charge in [-0.3, -0.25) is 0 Å². The molecule has 0 amide bonds. The molecule has 0 saturated carbocycles. The van der Waals surface area contributed by atoms with E-state index in [1.54, 1.807) is 7.11 Å². The van der Waals surface area contributed by atoms with Gasteiger partial charge < -0.3 is 10.5 Å². The van der Waals surface area contributed by atoms with Crippen molar-refractivity contribution >= 4 is 15.9 Å². The minimum absolute atomic E-state index is 0.0690. The molecule has 1 aromatic carbocycles. The Morgan fingerprint density at radius 1 is 1.31 bits per heavy atom. The summed E-state index contributed by atoms with van der Waals surface area (Å²) in [6.07, 6.45) is 2.20. The molecule has 0 aliphatic heterocycles. The summed E-state index contributed by atoms with van der Waals surface area (Å²) in [6, 6.07) is 6.02. The predicted molar refractivity (Wildman–Crippen MR) is 71.7 cm³/mol. The summed E-state index contributed by atoms with van der Waals surface area (Å²) in [5.74, 6) is 1.38. The lowest BCUT2D eigenvalue weighted by Gasteiger charge is -2.23. The Hall–Kier alpha value is -0.540. The Morgan fingerprint density at radius 2 is 1.94 bits per heavy atom. The smallest absolute Gasteiger partial charge is 0.119 e. The van der Waals surface area contributed by atoms with E-state index in [1.807, 2.05) is 18.2 Å². The lowest BCUT2D eigenvalue weighted by atomic mass is 9.89. The molecule has 1 atom stereocenters. The second kappa shape index (κ2) is 6.26. The van der Waals surface area contributed by atoms with Gasteiger partial charge >= 0.3 is 0 Å². The molecular formula is C13H20BrNO. The Labute approximate surface area is 106 Å². The lowest BCUT2D eigenvalue weighted by molar-refractivity contribution is 0.395. The maximum Gasteiger partial charge on any atom is 0.119 e. The fraction of sp³-hybridized carbons (Fsp3) is 0.538. The first kappa shape index (κ1) is 13.5. The fourth-order valence-corrected chi connectivity index (χ4v) is 2.47. The van der Waals surface area contributed by atoms with Crippen LogP contribution in [0.4, 0.5) is 0 Å². The van der Waals surface area contributed by atoms with Crippen LogP contribution in [0.25, 0.3) is 0 Å². The Bertz CT molecular complexity index is 337. The van der Waals surface area contributed by atoms with Gasteiger partial charge in [-0.2, -0.15) is 0 Å². The van der Waals surface area contributed by atoms with Crippen LogP contribution in [0.2, 0.25) is 0 Å². The molecule has 0 spiro atoms. The highest BCUT2D eigenvalue weighted by molar-refractivity contribution is 9.10. The van der Waals surface area contributed by atoms with E-state index in [1.165, 1.54) is 0 Å². The minimum atomic E-state index is 0.0690. The van der Waals surface area contributed by atoms with Crippen molar-refractivity contribution in [3.63, 3.8) is 0 Å². The summed E-state index contributed by atoms with van der Waals surface area (Å²) >= 11 is 3.55. The molecule has 0 radical (unpaired) electrons. The lowest BCUT2D eigenvalue weighted by Crippen LogP contribution is -2.20. The van der Waals surface area contributed by atoms with Gasteiger partial charge in [-0.1, -0.05) is 42.6 Å². The molecule has 0 bridgehead atoms. The van der Waals surface area contributed by atoms with Crippen molar-refractivity contribution in [1.29, 1.82) is 0 Å². The van der Waals surface area contributed by atoms with Crippen molar-refractivity contribution in [3.05, 3.63) is 28.2 Å². The van der Waals surface area contributed by atoms with Gasteiger partial charge in [0.15, 0.2) is 0 Å². The molecule has 0 aromatic heterocycles. The van der Waals surface area contributed by atoms with Crippen LogP contribution in [0.3, 0.4) is 0 Å². The predicted octanol–water partition coefficient (Wildman–Crippen LogP) is 3.89. The molecule has 16 heavy (non-hydrogen) atoms. The summed E-state index contributed by atoms with van der Waals surface area (Å²) < 4.78 is 6.29. The average Bonchev–Trinajstić information content (AvgIpc) is 2.31. The molecule has 0 saturated heterocycles. The van der Waals surface area contributed by atoms with Crippen molar-refractivity contribution in [2.75, 3.05) is 7.11 Å². The van der Waals surface area contributed by atoms with Crippen LogP contribution in [0.1, 0.15) is 38.3 Å². The molecule has 0 aliphatic rings. The van der Waals surface area contributed by atoms with Crippen LogP contribution in [0, 0.1) is 5.92 Å². The van der Waals surface area contributed by atoms with E-state index in [0.29, 0.717) is 5.92 Å². The van der Waals surface area contributed by atoms with Crippen LogP contribution >= 0.6 is 15.9 Å². The minimum Gasteiger partial charge on any atom is -0.497 e. The van der Waals surface area contributed by atoms with Gasteiger partial charge in [0.25, 0.3) is 0 Å². The van der Waals surface area contributed by atoms with E-state index in [2.05, 4.69) is 29.8 Å². The summed E-state index contributed by atoms with van der Waals surface area (Å²) in [7, 11) is 1.68. The SMILES string of the molecule is CCC(CC)C(N)c1cc(OC)ccc1Br. The first-order valence-corrected chi connectivity index (χ1v) is 6.52. The molecule has 3 heteroatoms. The van der Waals surface area contributed by atoms with Gasteiger partial charge in [0, 0.05) is 10.5 Å². The van der Waals surface area contributed by atoms with Crippen molar-refractivity contribution in [3.8, 4) is 5.75 Å². The van der Waals surface area contributed by atoms with Crippen molar-refractivity contribution in [2.24, 2.45) is 11.7 Å². The Morgan fingerprint density at radius 3 is 2.44 bits per heavy atom. The van der Waals surface area contributed by atoms with Crippen LogP contribution in [-0.4, -0.2) is 7.11 Å². The number of methoxy groups -OCH3 is 1. The standard InChI is InChI=1S/C13H20BrNO/c1-4-9(5-2)13(15)11-8-10(16-3)6-7-12(11)14/h6-9,13H,4-5,15H2,1-3H3. The summed E-state index contributed by atoms with van der Waals surface area (Å²) in [6.45, 7) is 4.37.